The van der Waals surface area contributed by atoms with E-state index in [0.29, 0.717) is 5.52 Å². The average Bonchev–Trinajstić information content (AvgIpc) is 2.82. The number of hydrogen-bond donors (Lipinski definition) is 1. The molecule has 0 aliphatic rings. The summed E-state index contributed by atoms with van der Waals surface area (Å²) in [5.74, 6) is 0. The number of fused-ring (bicyclic) bond motifs is 1. The highest BCUT2D eigenvalue weighted by molar-refractivity contribution is 8.01. The maximum atomic E-state index is 13.1. The molecule has 2 aromatic heterocycles. The van der Waals surface area contributed by atoms with Gasteiger partial charge in [0, 0.05) is 0 Å². The monoisotopic (exact) mass is 329 g/mol. The minimum absolute atomic E-state index is 0.180. The number of alkyl halides is 3. The Morgan fingerprint density at radius 2 is 1.71 bits per heavy atom. The number of halogens is 3. The molecule has 10 heteroatoms. The molecule has 0 bridgehead atoms. The lowest BCUT2D eigenvalue weighted by atomic mass is 10.3. The number of para-hydroxylation sites is 2. The van der Waals surface area contributed by atoms with Crippen molar-refractivity contribution in [1.29, 1.82) is 0 Å². The summed E-state index contributed by atoms with van der Waals surface area (Å²) in [6.45, 7) is 0. The van der Waals surface area contributed by atoms with E-state index in [1.54, 1.807) is 18.2 Å². The number of nitrogen functional groups attached to an aromatic ring is 1. The zero-order valence-corrected chi connectivity index (χ0v) is 11.8. The molecule has 108 valence electrons. The van der Waals surface area contributed by atoms with E-state index in [2.05, 4.69) is 20.2 Å². The average molecular weight is 329 g/mol. The Bertz CT molecular complexity index is 802. The number of hydrogen-bond acceptors (Lipinski definition) is 7. The summed E-state index contributed by atoms with van der Waals surface area (Å²) in [5.41, 5.74) is 4.94. The summed E-state index contributed by atoms with van der Waals surface area (Å²) in [4.78, 5) is 7.69. The van der Waals surface area contributed by atoms with E-state index in [4.69, 9.17) is 5.73 Å². The molecule has 0 spiro atoms. The van der Waals surface area contributed by atoms with Crippen LogP contribution in [0.1, 0.15) is 5.69 Å². The fraction of sp³-hybridized carbons (Fsp3) is 0.0909. The molecule has 0 radical (unpaired) electrons. The van der Waals surface area contributed by atoms with Gasteiger partial charge in [0.2, 0.25) is 5.13 Å². The van der Waals surface area contributed by atoms with E-state index in [0.717, 1.165) is 23.1 Å². The van der Waals surface area contributed by atoms with Crippen molar-refractivity contribution >= 4 is 39.3 Å². The molecule has 2 N–H and O–H groups in total. The molecular formula is C11H6F3N5S2. The van der Waals surface area contributed by atoms with Crippen molar-refractivity contribution in [3.63, 3.8) is 0 Å². The maximum Gasteiger partial charge on any atom is 0.436 e. The summed E-state index contributed by atoms with van der Waals surface area (Å²) in [5, 5.41) is 7.16. The predicted molar refractivity (Wildman–Crippen MR) is 73.0 cm³/mol. The number of rotatable bonds is 2. The highest BCUT2D eigenvalue weighted by atomic mass is 32.2. The normalized spacial score (nSPS) is 12.0. The van der Waals surface area contributed by atoms with Crippen molar-refractivity contribution in [2.45, 2.75) is 15.5 Å². The topological polar surface area (TPSA) is 77.6 Å². The van der Waals surface area contributed by atoms with Crippen molar-refractivity contribution < 1.29 is 13.2 Å². The van der Waals surface area contributed by atoms with Gasteiger partial charge in [-0.05, 0) is 23.9 Å². The van der Waals surface area contributed by atoms with E-state index in [1.165, 1.54) is 6.07 Å². The number of aromatic nitrogens is 4. The van der Waals surface area contributed by atoms with E-state index in [9.17, 15) is 13.2 Å². The number of nitrogens with two attached hydrogens (primary N) is 1. The standard InChI is InChI=1S/C11H6F3N5S2/c12-11(13,14)7-8(20-10-19-18-9(15)21-10)17-6-4-2-1-3-5(6)16-7/h1-4H,(H2,15,18). The molecule has 0 fully saturated rings. The van der Waals surface area contributed by atoms with Gasteiger partial charge in [0.1, 0.15) is 5.03 Å². The molecule has 0 atom stereocenters. The van der Waals surface area contributed by atoms with Gasteiger partial charge in [-0.3, -0.25) is 0 Å². The zero-order chi connectivity index (χ0) is 15.0. The maximum absolute atomic E-state index is 13.1. The van der Waals surface area contributed by atoms with Gasteiger partial charge in [0.05, 0.1) is 11.0 Å². The Morgan fingerprint density at radius 3 is 2.29 bits per heavy atom. The highest BCUT2D eigenvalue weighted by Gasteiger charge is 2.37. The first-order chi connectivity index (χ1) is 9.93. The lowest BCUT2D eigenvalue weighted by Crippen LogP contribution is -2.11. The van der Waals surface area contributed by atoms with Crippen molar-refractivity contribution in [3.05, 3.63) is 30.0 Å². The van der Waals surface area contributed by atoms with E-state index < -0.39 is 11.9 Å². The molecule has 2 heterocycles. The van der Waals surface area contributed by atoms with Crippen LogP contribution in [0.2, 0.25) is 0 Å². The lowest BCUT2D eigenvalue weighted by Gasteiger charge is -2.10. The minimum atomic E-state index is -4.60. The van der Waals surface area contributed by atoms with E-state index in [-0.39, 0.29) is 20.0 Å². The Hall–Kier alpha value is -1.94. The Labute approximate surface area is 124 Å². The quantitative estimate of drug-likeness (QED) is 0.778. The van der Waals surface area contributed by atoms with Gasteiger partial charge in [0.15, 0.2) is 10.0 Å². The first kappa shape index (κ1) is 14.0. The zero-order valence-electron chi connectivity index (χ0n) is 10.1. The van der Waals surface area contributed by atoms with Crippen molar-refractivity contribution in [2.24, 2.45) is 0 Å². The summed E-state index contributed by atoms with van der Waals surface area (Å²) in [7, 11) is 0. The number of anilines is 1. The second-order valence-corrected chi connectivity index (χ2v) is 6.12. The van der Waals surface area contributed by atoms with Gasteiger partial charge in [-0.2, -0.15) is 13.2 Å². The van der Waals surface area contributed by atoms with Crippen LogP contribution in [-0.2, 0) is 6.18 Å². The van der Waals surface area contributed by atoms with Crippen LogP contribution in [-0.4, -0.2) is 20.2 Å². The van der Waals surface area contributed by atoms with Crippen LogP contribution in [0.15, 0.2) is 33.6 Å². The molecule has 1 aromatic carbocycles. The first-order valence-corrected chi connectivity index (χ1v) is 7.17. The van der Waals surface area contributed by atoms with Crippen molar-refractivity contribution in [2.75, 3.05) is 5.73 Å². The van der Waals surface area contributed by atoms with Gasteiger partial charge >= 0.3 is 6.18 Å². The Balaban J connectivity index is 2.14. The molecule has 0 aliphatic carbocycles. The fourth-order valence-corrected chi connectivity index (χ4v) is 3.23. The van der Waals surface area contributed by atoms with Crippen LogP contribution >= 0.6 is 23.1 Å². The van der Waals surface area contributed by atoms with Crippen LogP contribution < -0.4 is 5.73 Å². The van der Waals surface area contributed by atoms with Crippen molar-refractivity contribution in [3.8, 4) is 0 Å². The van der Waals surface area contributed by atoms with Crippen LogP contribution in [0.5, 0.6) is 0 Å². The summed E-state index contributed by atoms with van der Waals surface area (Å²) < 4.78 is 39.6. The van der Waals surface area contributed by atoms with Crippen molar-refractivity contribution in [1.82, 2.24) is 20.2 Å². The van der Waals surface area contributed by atoms with E-state index in [1.807, 2.05) is 0 Å². The lowest BCUT2D eigenvalue weighted by molar-refractivity contribution is -0.143. The summed E-state index contributed by atoms with van der Waals surface area (Å²) in [6.07, 6.45) is -4.60. The smallest absolute Gasteiger partial charge is 0.374 e. The SMILES string of the molecule is Nc1nnc(Sc2nc3ccccc3nc2C(F)(F)F)s1. The molecule has 0 unspecified atom stereocenters. The largest absolute Gasteiger partial charge is 0.436 e. The molecule has 0 saturated heterocycles. The van der Waals surface area contributed by atoms with Crippen LogP contribution in [0, 0.1) is 0 Å². The number of nitrogens with zero attached hydrogens (tertiary/aromatic N) is 4. The predicted octanol–water partition coefficient (Wildman–Crippen LogP) is 3.23. The van der Waals surface area contributed by atoms with Gasteiger partial charge in [0.25, 0.3) is 0 Å². The molecule has 3 rings (SSSR count). The molecule has 21 heavy (non-hydrogen) atoms. The molecule has 0 amide bonds. The third kappa shape index (κ3) is 2.90. The number of benzene rings is 1. The third-order valence-electron chi connectivity index (χ3n) is 2.41. The van der Waals surface area contributed by atoms with E-state index >= 15 is 0 Å². The molecule has 5 nitrogen and oxygen atoms in total. The molecule has 3 aromatic rings. The highest BCUT2D eigenvalue weighted by Crippen LogP contribution is 2.39. The molecular weight excluding hydrogens is 323 g/mol. The van der Waals surface area contributed by atoms with Gasteiger partial charge < -0.3 is 5.73 Å². The Kier molecular flexibility index (Phi) is 3.41. The second kappa shape index (κ2) is 5.11. The fourth-order valence-electron chi connectivity index (χ4n) is 1.58. The summed E-state index contributed by atoms with van der Waals surface area (Å²) >= 11 is 1.74. The van der Waals surface area contributed by atoms with Crippen LogP contribution in [0.3, 0.4) is 0 Å². The van der Waals surface area contributed by atoms with Gasteiger partial charge in [-0.1, -0.05) is 23.5 Å². The molecule has 0 saturated carbocycles. The van der Waals surface area contributed by atoms with Crippen LogP contribution in [0.4, 0.5) is 18.3 Å². The van der Waals surface area contributed by atoms with Gasteiger partial charge in [-0.25, -0.2) is 9.97 Å². The molecule has 0 aliphatic heterocycles. The second-order valence-electron chi connectivity index (χ2n) is 3.87. The minimum Gasteiger partial charge on any atom is -0.374 e. The third-order valence-corrected chi connectivity index (χ3v) is 4.19. The summed E-state index contributed by atoms with van der Waals surface area (Å²) in [6, 6.07) is 6.37. The van der Waals surface area contributed by atoms with Crippen LogP contribution in [0.25, 0.3) is 11.0 Å². The van der Waals surface area contributed by atoms with Gasteiger partial charge in [-0.15, -0.1) is 10.2 Å². The first-order valence-electron chi connectivity index (χ1n) is 5.54. The Morgan fingerprint density at radius 1 is 1.05 bits per heavy atom.